The van der Waals surface area contributed by atoms with Gasteiger partial charge < -0.3 is 24.4 Å². The van der Waals surface area contributed by atoms with Crippen LogP contribution in [-0.2, 0) is 38.2 Å². The Morgan fingerprint density at radius 3 is 1.98 bits per heavy atom. The van der Waals surface area contributed by atoms with E-state index >= 15 is 8.78 Å². The second-order valence-corrected chi connectivity index (χ2v) is 12.6. The van der Waals surface area contributed by atoms with E-state index in [1.54, 1.807) is 0 Å². The second kappa shape index (κ2) is 10.9. The van der Waals surface area contributed by atoms with Crippen LogP contribution in [0.15, 0.2) is 23.8 Å². The number of halogens is 2. The summed E-state index contributed by atoms with van der Waals surface area (Å²) in [6.45, 7) is 8.50. The summed E-state index contributed by atoms with van der Waals surface area (Å²) in [4.78, 5) is 64.3. The van der Waals surface area contributed by atoms with Crippen molar-refractivity contribution in [3.05, 3.63) is 23.8 Å². The molecule has 0 aromatic carbocycles. The Hall–Kier alpha value is -2.99. The predicted molar refractivity (Wildman–Crippen MR) is 145 cm³/mol. The number of hydrogen-bond acceptors (Lipinski definition) is 10. The number of esters is 3. The van der Waals surface area contributed by atoms with E-state index in [0.29, 0.717) is 0 Å². The Bertz CT molecular complexity index is 1250. The molecule has 0 aliphatic heterocycles. The van der Waals surface area contributed by atoms with Gasteiger partial charge in [0, 0.05) is 36.0 Å². The average molecular weight is 611 g/mol. The van der Waals surface area contributed by atoms with E-state index in [1.807, 2.05) is 0 Å². The first-order valence-electron chi connectivity index (χ1n) is 14.8. The third-order valence-corrected chi connectivity index (χ3v) is 10.4. The van der Waals surface area contributed by atoms with Crippen molar-refractivity contribution in [1.82, 2.24) is 0 Å². The van der Waals surface area contributed by atoms with E-state index in [1.165, 1.54) is 47.6 Å². The third-order valence-electron chi connectivity index (χ3n) is 10.4. The van der Waals surface area contributed by atoms with Crippen molar-refractivity contribution < 1.29 is 57.2 Å². The molecule has 3 saturated carbocycles. The summed E-state index contributed by atoms with van der Waals surface area (Å²) >= 11 is 0. The Labute approximate surface area is 248 Å². The molecule has 2 N–H and O–H groups in total. The van der Waals surface area contributed by atoms with Crippen LogP contribution in [0.25, 0.3) is 0 Å². The SMILES string of the molecule is CCC(=O)OC(OC(=O)CC)(OC(=O)CC)C(=O)[C@@]1(O)C(C)C[C@H]2[C@@H]3CC(F)C4=CC(=O)C=C[C@]4(C)[C@@]3(F)C(O)C[C@@]21C. The van der Waals surface area contributed by atoms with Crippen molar-refractivity contribution in [3.8, 4) is 0 Å². The first-order valence-corrected chi connectivity index (χ1v) is 14.8. The van der Waals surface area contributed by atoms with E-state index < -0.39 is 100 Å². The maximum atomic E-state index is 17.5. The number of alkyl halides is 2. The molecule has 12 heteroatoms. The van der Waals surface area contributed by atoms with Crippen LogP contribution in [0.3, 0.4) is 0 Å². The Kier molecular flexibility index (Phi) is 8.32. The van der Waals surface area contributed by atoms with Crippen LogP contribution in [0.5, 0.6) is 0 Å². The number of hydrogen-bond donors (Lipinski definition) is 2. The number of carbonyl (C=O) groups is 5. The molecule has 9 atom stereocenters. The van der Waals surface area contributed by atoms with Gasteiger partial charge >= 0.3 is 23.9 Å². The highest BCUT2D eigenvalue weighted by molar-refractivity contribution is 6.01. The summed E-state index contributed by atoms with van der Waals surface area (Å²) in [6.07, 6.45) is -2.06. The van der Waals surface area contributed by atoms with Crippen LogP contribution in [0.4, 0.5) is 8.78 Å². The van der Waals surface area contributed by atoms with E-state index in [-0.39, 0.29) is 31.3 Å². The number of aliphatic hydroxyl groups excluding tert-OH is 1. The number of aliphatic hydroxyl groups is 2. The zero-order valence-corrected chi connectivity index (χ0v) is 25.3. The second-order valence-electron chi connectivity index (χ2n) is 12.6. The highest BCUT2D eigenvalue weighted by Gasteiger charge is 2.79. The molecule has 0 amide bonds. The summed E-state index contributed by atoms with van der Waals surface area (Å²) in [5, 5.41) is 24.0. The fraction of sp³-hybridized carbons (Fsp3) is 0.710. The molecule has 0 heterocycles. The summed E-state index contributed by atoms with van der Waals surface area (Å²) in [7, 11) is 0. The standard InChI is InChI=1S/C31H40F2O10/c1-7-23(36)41-31(42-24(37)8-2,43-25(38)9-3)26(39)30(40)16(4)12-18-19-14-21(32)20-13-17(34)10-11-27(20,5)29(19,33)22(35)15-28(18,30)6/h10-11,13,16,18-19,21-22,35,40H,7-9,12,14-15H2,1-6H3/t16?,18-,19-,21?,22?,27-,28-,29-,30-/m0/s1. The fourth-order valence-electron chi connectivity index (χ4n) is 8.12. The topological polar surface area (TPSA) is 154 Å². The van der Waals surface area contributed by atoms with Crippen LogP contribution < -0.4 is 0 Å². The van der Waals surface area contributed by atoms with Gasteiger partial charge in [-0.2, -0.15) is 0 Å². The lowest BCUT2D eigenvalue weighted by Gasteiger charge is -2.63. The van der Waals surface area contributed by atoms with Gasteiger partial charge in [-0.15, -0.1) is 0 Å². The van der Waals surface area contributed by atoms with Gasteiger partial charge in [0.2, 0.25) is 0 Å². The zero-order chi connectivity index (χ0) is 32.3. The molecule has 3 unspecified atom stereocenters. The number of allylic oxidation sites excluding steroid dienone is 4. The lowest BCUT2D eigenvalue weighted by molar-refractivity contribution is -0.321. The highest BCUT2D eigenvalue weighted by Crippen LogP contribution is 2.71. The number of Topliss-reactive ketones (excluding diaryl/α,β-unsaturated/α-hetero) is 1. The van der Waals surface area contributed by atoms with Gasteiger partial charge in [-0.1, -0.05) is 40.7 Å². The van der Waals surface area contributed by atoms with Gasteiger partial charge in [0.15, 0.2) is 11.5 Å². The maximum absolute atomic E-state index is 17.5. The number of ketones is 2. The van der Waals surface area contributed by atoms with Gasteiger partial charge in [0.05, 0.1) is 6.10 Å². The largest absolute Gasteiger partial charge is 0.491 e. The molecule has 3 fully saturated rings. The molecule has 0 aromatic rings. The molecule has 0 bridgehead atoms. The maximum Gasteiger partial charge on any atom is 0.491 e. The van der Waals surface area contributed by atoms with Crippen LogP contribution in [0, 0.1) is 28.6 Å². The summed E-state index contributed by atoms with van der Waals surface area (Å²) in [5.41, 5.74) is -8.56. The number of carbonyl (C=O) groups excluding carboxylic acids is 5. The molecular weight excluding hydrogens is 570 g/mol. The van der Waals surface area contributed by atoms with E-state index in [2.05, 4.69) is 0 Å². The van der Waals surface area contributed by atoms with Gasteiger partial charge in [0.25, 0.3) is 5.78 Å². The summed E-state index contributed by atoms with van der Waals surface area (Å²) in [5.74, 6) is -11.7. The Morgan fingerprint density at radius 2 is 1.49 bits per heavy atom. The lowest BCUT2D eigenvalue weighted by Crippen LogP contribution is -2.72. The van der Waals surface area contributed by atoms with Crippen LogP contribution in [0.2, 0.25) is 0 Å². The minimum Gasteiger partial charge on any atom is -0.390 e. The number of rotatable bonds is 8. The highest BCUT2D eigenvalue weighted by atomic mass is 19.1. The molecule has 10 nitrogen and oxygen atoms in total. The fourth-order valence-corrected chi connectivity index (χ4v) is 8.12. The van der Waals surface area contributed by atoms with Crippen molar-refractivity contribution in [2.45, 2.75) is 110 Å². The monoisotopic (exact) mass is 610 g/mol. The first-order chi connectivity index (χ1) is 19.9. The van der Waals surface area contributed by atoms with Crippen molar-refractivity contribution in [1.29, 1.82) is 0 Å². The zero-order valence-electron chi connectivity index (χ0n) is 25.3. The normalized spacial score (nSPS) is 40.0. The first kappa shape index (κ1) is 32.9. The van der Waals surface area contributed by atoms with E-state index in [0.717, 1.165) is 12.2 Å². The van der Waals surface area contributed by atoms with Gasteiger partial charge in [0.1, 0.15) is 11.8 Å². The van der Waals surface area contributed by atoms with Crippen LogP contribution in [-0.4, -0.2) is 69.2 Å². The minimum atomic E-state index is -3.30. The molecule has 0 radical (unpaired) electrons. The smallest absolute Gasteiger partial charge is 0.390 e. The Morgan fingerprint density at radius 1 is 0.977 bits per heavy atom. The van der Waals surface area contributed by atoms with Crippen molar-refractivity contribution >= 4 is 29.5 Å². The van der Waals surface area contributed by atoms with Crippen molar-refractivity contribution in [2.75, 3.05) is 0 Å². The van der Waals surface area contributed by atoms with Gasteiger partial charge in [-0.05, 0) is 55.7 Å². The lowest BCUT2D eigenvalue weighted by atomic mass is 9.44. The predicted octanol–water partition coefficient (Wildman–Crippen LogP) is 3.36. The van der Waals surface area contributed by atoms with Gasteiger partial charge in [-0.3, -0.25) is 24.0 Å². The number of ether oxygens (including phenoxy) is 3. The van der Waals surface area contributed by atoms with Gasteiger partial charge in [-0.25, -0.2) is 8.78 Å². The van der Waals surface area contributed by atoms with E-state index in [4.69, 9.17) is 14.2 Å². The molecule has 238 valence electrons. The minimum absolute atomic E-state index is 0.0342. The number of fused-ring (bicyclic) bond motifs is 5. The molecule has 4 aliphatic rings. The average Bonchev–Trinajstić information content (AvgIpc) is 3.16. The molecule has 0 spiro atoms. The van der Waals surface area contributed by atoms with Crippen molar-refractivity contribution in [3.63, 3.8) is 0 Å². The third kappa shape index (κ3) is 4.50. The Balaban J connectivity index is 1.87. The molecule has 43 heavy (non-hydrogen) atoms. The molecular formula is C31H40F2O10. The summed E-state index contributed by atoms with van der Waals surface area (Å²) in [6, 6.07) is 0. The van der Waals surface area contributed by atoms with Crippen LogP contribution in [0.1, 0.15) is 80.1 Å². The quantitative estimate of drug-likeness (QED) is 0.309. The van der Waals surface area contributed by atoms with E-state index in [9.17, 15) is 34.2 Å². The van der Waals surface area contributed by atoms with Crippen molar-refractivity contribution in [2.24, 2.45) is 28.6 Å². The van der Waals surface area contributed by atoms with Crippen LogP contribution >= 0.6 is 0 Å². The molecule has 4 rings (SSSR count). The molecule has 4 aliphatic carbocycles. The summed E-state index contributed by atoms with van der Waals surface area (Å²) < 4.78 is 49.0. The molecule has 0 aromatic heterocycles. The molecule has 0 saturated heterocycles.